The smallest absolute Gasteiger partial charge is 0.251 e. The average molecular weight is 357 g/mol. The summed E-state index contributed by atoms with van der Waals surface area (Å²) in [5, 5.41) is 0. The van der Waals surface area contributed by atoms with E-state index in [4.69, 9.17) is 31.6 Å². The highest BCUT2D eigenvalue weighted by Crippen LogP contribution is 2.32. The lowest BCUT2D eigenvalue weighted by Crippen LogP contribution is -2.23. The summed E-state index contributed by atoms with van der Waals surface area (Å²) in [5.74, 6) is 0.725. The van der Waals surface area contributed by atoms with Gasteiger partial charge in [-0.3, -0.25) is 0 Å². The Kier molecular flexibility index (Phi) is 12.6. The van der Waals surface area contributed by atoms with Crippen LogP contribution in [-0.4, -0.2) is 33.1 Å². The van der Waals surface area contributed by atoms with Crippen molar-refractivity contribution < 1.29 is 9.47 Å². The first-order chi connectivity index (χ1) is 9.84. The summed E-state index contributed by atoms with van der Waals surface area (Å²) in [6.45, 7) is 4.51. The highest BCUT2D eigenvalue weighted by atomic mass is 35.7. The van der Waals surface area contributed by atoms with Crippen molar-refractivity contribution in [1.29, 1.82) is 0 Å². The third kappa shape index (κ3) is 11.9. The highest BCUT2D eigenvalue weighted by molar-refractivity contribution is 7.45. The maximum absolute atomic E-state index is 6.57. The van der Waals surface area contributed by atoms with Gasteiger partial charge in [0.15, 0.2) is 0 Å². The van der Waals surface area contributed by atoms with Gasteiger partial charge in [0.1, 0.15) is 0 Å². The van der Waals surface area contributed by atoms with Crippen LogP contribution in [0.4, 0.5) is 0 Å². The van der Waals surface area contributed by atoms with E-state index in [0.717, 1.165) is 50.1 Å². The maximum atomic E-state index is 6.57. The minimum Gasteiger partial charge on any atom is -0.382 e. The summed E-state index contributed by atoms with van der Waals surface area (Å²) in [6, 6.07) is 1.94. The number of methoxy groups -OCH3 is 2. The first kappa shape index (κ1) is 21.7. The van der Waals surface area contributed by atoms with Crippen molar-refractivity contribution in [1.82, 2.24) is 0 Å². The molecule has 0 amide bonds. The van der Waals surface area contributed by atoms with Crippen LogP contribution in [0.25, 0.3) is 0 Å². The van der Waals surface area contributed by atoms with Gasteiger partial charge in [0, 0.05) is 14.2 Å². The molecule has 0 aromatic carbocycles. The van der Waals surface area contributed by atoms with Gasteiger partial charge in [-0.2, -0.15) is 0 Å². The predicted octanol–water partition coefficient (Wildman–Crippen LogP) is 5.95. The van der Waals surface area contributed by atoms with E-state index in [2.05, 4.69) is 20.8 Å². The van der Waals surface area contributed by atoms with Crippen LogP contribution in [0.5, 0.6) is 0 Å². The zero-order valence-electron chi connectivity index (χ0n) is 14.5. The molecule has 0 saturated carbocycles. The molecule has 0 fully saturated rings. The van der Waals surface area contributed by atoms with Crippen molar-refractivity contribution in [2.24, 2.45) is 5.92 Å². The maximum Gasteiger partial charge on any atom is 0.251 e. The summed E-state index contributed by atoms with van der Waals surface area (Å²) >= 11 is 13.1. The van der Waals surface area contributed by atoms with E-state index in [1.165, 1.54) is 6.42 Å². The Labute approximate surface area is 142 Å². The lowest BCUT2D eigenvalue weighted by molar-refractivity contribution is 0.0758. The van der Waals surface area contributed by atoms with Crippen LogP contribution < -0.4 is 0 Å². The van der Waals surface area contributed by atoms with Gasteiger partial charge in [0.25, 0.3) is 6.69 Å². The molecule has 0 aliphatic rings. The Morgan fingerprint density at radius 2 is 1.52 bits per heavy atom. The zero-order valence-corrected chi connectivity index (χ0v) is 17.0. The monoisotopic (exact) mass is 356 g/mol. The van der Waals surface area contributed by atoms with Crippen LogP contribution in [0.2, 0.25) is 12.1 Å². The summed E-state index contributed by atoms with van der Waals surface area (Å²) in [4.78, 5) is 0. The van der Waals surface area contributed by atoms with Crippen molar-refractivity contribution in [3.63, 3.8) is 0 Å². The molecule has 0 aromatic rings. The normalized spacial score (nSPS) is 16.7. The number of hydrogen-bond donors (Lipinski definition) is 0. The molecule has 0 heterocycles. The second-order valence-electron chi connectivity index (χ2n) is 6.28. The van der Waals surface area contributed by atoms with Crippen LogP contribution in [0.1, 0.15) is 59.3 Å². The predicted molar refractivity (Wildman–Crippen MR) is 96.9 cm³/mol. The Morgan fingerprint density at radius 3 is 2.05 bits per heavy atom. The minimum absolute atomic E-state index is 0.280. The molecular weight excluding hydrogens is 323 g/mol. The van der Waals surface area contributed by atoms with E-state index in [1.807, 2.05) is 0 Å². The Morgan fingerprint density at radius 1 is 0.905 bits per heavy atom. The van der Waals surface area contributed by atoms with Crippen LogP contribution in [0.15, 0.2) is 0 Å². The van der Waals surface area contributed by atoms with Gasteiger partial charge in [0.2, 0.25) is 0 Å². The molecule has 0 spiro atoms. The van der Waals surface area contributed by atoms with Gasteiger partial charge in [-0.05, 0) is 50.6 Å². The van der Waals surface area contributed by atoms with Crippen molar-refractivity contribution in [2.75, 3.05) is 14.2 Å². The van der Waals surface area contributed by atoms with Gasteiger partial charge in [-0.15, -0.1) is 22.2 Å². The summed E-state index contributed by atoms with van der Waals surface area (Å²) in [6.07, 6.45) is 7.21. The molecular formula is C16H34Cl2O2Si. The molecule has 21 heavy (non-hydrogen) atoms. The molecule has 0 aliphatic carbocycles. The summed E-state index contributed by atoms with van der Waals surface area (Å²) in [7, 11) is 3.55. The second-order valence-corrected chi connectivity index (χ2v) is 13.9. The highest BCUT2D eigenvalue weighted by Gasteiger charge is 2.29. The van der Waals surface area contributed by atoms with Crippen LogP contribution >= 0.6 is 22.2 Å². The number of ether oxygens (including phenoxy) is 2. The Bertz CT molecular complexity index is 252. The fraction of sp³-hybridized carbons (Fsp3) is 1.00. The van der Waals surface area contributed by atoms with Crippen molar-refractivity contribution in [3.8, 4) is 0 Å². The lowest BCUT2D eigenvalue weighted by Gasteiger charge is -2.22. The van der Waals surface area contributed by atoms with Crippen LogP contribution in [0.3, 0.4) is 0 Å². The molecule has 0 radical (unpaired) electrons. The van der Waals surface area contributed by atoms with Gasteiger partial charge in [-0.1, -0.05) is 26.7 Å². The largest absolute Gasteiger partial charge is 0.382 e. The van der Waals surface area contributed by atoms with Crippen molar-refractivity contribution in [3.05, 3.63) is 0 Å². The van der Waals surface area contributed by atoms with E-state index >= 15 is 0 Å². The van der Waals surface area contributed by atoms with Crippen molar-refractivity contribution in [2.45, 2.75) is 83.6 Å². The third-order valence-electron chi connectivity index (χ3n) is 4.40. The van der Waals surface area contributed by atoms with E-state index in [0.29, 0.717) is 6.10 Å². The average Bonchev–Trinajstić information content (AvgIpc) is 2.47. The molecule has 128 valence electrons. The first-order valence-electron chi connectivity index (χ1n) is 8.28. The van der Waals surface area contributed by atoms with E-state index in [-0.39, 0.29) is 6.10 Å². The topological polar surface area (TPSA) is 18.5 Å². The molecule has 0 bridgehead atoms. The Hall–Kier alpha value is 0.717. The van der Waals surface area contributed by atoms with Gasteiger partial charge in [-0.25, -0.2) is 0 Å². The van der Waals surface area contributed by atoms with E-state index < -0.39 is 6.69 Å². The third-order valence-corrected chi connectivity index (χ3v) is 8.71. The van der Waals surface area contributed by atoms with Crippen LogP contribution in [0, 0.1) is 5.92 Å². The SMILES string of the molecule is CC[C@H](C)CC[Si](Cl)(Cl)CC[C@@H](CCCC(C)OC)OC. The number of hydrogen-bond acceptors (Lipinski definition) is 2. The fourth-order valence-corrected chi connectivity index (χ4v) is 5.51. The molecule has 5 heteroatoms. The lowest BCUT2D eigenvalue weighted by atomic mass is 10.1. The molecule has 2 nitrogen and oxygen atoms in total. The van der Waals surface area contributed by atoms with E-state index in [1.54, 1.807) is 14.2 Å². The summed E-state index contributed by atoms with van der Waals surface area (Å²) in [5.41, 5.74) is 0. The molecule has 1 unspecified atom stereocenters. The molecule has 0 saturated heterocycles. The van der Waals surface area contributed by atoms with Crippen molar-refractivity contribution >= 4 is 28.9 Å². The molecule has 0 N–H and O–H groups in total. The quantitative estimate of drug-likeness (QED) is 0.299. The molecule has 0 rings (SSSR count). The molecule has 0 aliphatic heterocycles. The second kappa shape index (κ2) is 12.2. The van der Waals surface area contributed by atoms with E-state index in [9.17, 15) is 0 Å². The van der Waals surface area contributed by atoms with Gasteiger partial charge >= 0.3 is 0 Å². The first-order valence-corrected chi connectivity index (χ1v) is 12.7. The van der Waals surface area contributed by atoms with Gasteiger partial charge < -0.3 is 9.47 Å². The Balaban J connectivity index is 3.96. The fourth-order valence-electron chi connectivity index (χ4n) is 2.29. The standard InChI is InChI=1S/C16H34Cl2O2Si/c1-6-14(2)10-12-21(17,18)13-11-16(20-5)9-7-8-15(3)19-4/h14-16H,6-13H2,1-5H3/t14-,15?,16+/m0/s1. The summed E-state index contributed by atoms with van der Waals surface area (Å²) < 4.78 is 10.8. The molecule has 0 aromatic heterocycles. The number of rotatable bonds is 13. The minimum atomic E-state index is -2.09. The molecule has 3 atom stereocenters. The van der Waals surface area contributed by atoms with Crippen LogP contribution in [-0.2, 0) is 9.47 Å². The zero-order chi connectivity index (χ0) is 16.3. The number of halogens is 2. The van der Waals surface area contributed by atoms with Gasteiger partial charge in [0.05, 0.1) is 12.2 Å².